The van der Waals surface area contributed by atoms with Crippen LogP contribution < -0.4 is 16.0 Å². The molecule has 0 aromatic rings. The molecular weight excluding hydrogens is 404 g/mol. The van der Waals surface area contributed by atoms with Gasteiger partial charge in [-0.15, -0.1) is 24.0 Å². The van der Waals surface area contributed by atoms with Crippen LogP contribution in [0, 0.1) is 0 Å². The summed E-state index contributed by atoms with van der Waals surface area (Å²) in [6.45, 7) is 1.88. The molecule has 0 aromatic heterocycles. The van der Waals surface area contributed by atoms with Crippen LogP contribution in [0.4, 0.5) is 13.2 Å². The molecule has 4 N–H and O–H groups in total. The Morgan fingerprint density at radius 1 is 1.57 bits per heavy atom. The van der Waals surface area contributed by atoms with E-state index in [0.717, 1.165) is 0 Å². The Morgan fingerprint density at radius 2 is 2.24 bits per heavy atom. The maximum absolute atomic E-state index is 12.2. The van der Waals surface area contributed by atoms with E-state index in [1.165, 1.54) is 0 Å². The maximum Gasteiger partial charge on any atom is 0.416 e. The van der Waals surface area contributed by atoms with Gasteiger partial charge in [0.25, 0.3) is 0 Å². The molecular formula is C11H20F3IN4O2. The van der Waals surface area contributed by atoms with Gasteiger partial charge < -0.3 is 21.1 Å². The van der Waals surface area contributed by atoms with Crippen molar-refractivity contribution in [2.45, 2.75) is 38.1 Å². The van der Waals surface area contributed by atoms with Gasteiger partial charge in [0.2, 0.25) is 5.91 Å². The number of guanidine groups is 1. The summed E-state index contributed by atoms with van der Waals surface area (Å²) in [5.74, 6) is 0.148. The molecule has 124 valence electrons. The minimum atomic E-state index is -4.68. The summed E-state index contributed by atoms with van der Waals surface area (Å²) < 4.78 is 36.5. The van der Waals surface area contributed by atoms with Crippen LogP contribution in [0.2, 0.25) is 0 Å². The summed E-state index contributed by atoms with van der Waals surface area (Å²) in [6.07, 6.45) is -6.22. The number of aliphatic hydroxyl groups excluding tert-OH is 1. The molecule has 0 aromatic carbocycles. The lowest BCUT2D eigenvalue weighted by atomic mass is 10.1. The fraction of sp³-hybridized carbons (Fsp3) is 0.818. The zero-order valence-corrected chi connectivity index (χ0v) is 13.9. The third-order valence-corrected chi connectivity index (χ3v) is 2.75. The van der Waals surface area contributed by atoms with Crippen LogP contribution in [0.25, 0.3) is 0 Å². The van der Waals surface area contributed by atoms with E-state index in [1.54, 1.807) is 6.92 Å². The van der Waals surface area contributed by atoms with Crippen molar-refractivity contribution in [2.24, 2.45) is 4.99 Å². The van der Waals surface area contributed by atoms with E-state index in [2.05, 4.69) is 20.9 Å². The van der Waals surface area contributed by atoms with Crippen molar-refractivity contribution in [3.05, 3.63) is 0 Å². The smallest absolute Gasteiger partial charge is 0.382 e. The van der Waals surface area contributed by atoms with E-state index in [4.69, 9.17) is 5.11 Å². The number of aliphatic hydroxyl groups is 1. The van der Waals surface area contributed by atoms with Gasteiger partial charge in [0, 0.05) is 25.6 Å². The van der Waals surface area contributed by atoms with Gasteiger partial charge in [-0.25, -0.2) is 0 Å². The minimum absolute atomic E-state index is 0. The lowest BCUT2D eigenvalue weighted by Crippen LogP contribution is -2.51. The molecule has 0 radical (unpaired) electrons. The average molecular weight is 424 g/mol. The Bertz CT molecular complexity index is 356. The fourth-order valence-corrected chi connectivity index (χ4v) is 1.65. The molecule has 0 bridgehead atoms. The molecule has 2 unspecified atom stereocenters. The predicted molar refractivity (Wildman–Crippen MR) is 82.6 cm³/mol. The Hall–Kier alpha value is -0.780. The number of nitrogens with one attached hydrogen (secondary N) is 3. The van der Waals surface area contributed by atoms with E-state index in [9.17, 15) is 18.0 Å². The summed E-state index contributed by atoms with van der Waals surface area (Å²) in [7, 11) is 0. The molecule has 1 heterocycles. The standard InChI is InChI=1S/C11H19F3N4O2.HI/c1-2-15-10(17-6-8(19)11(12,13)14)18-7-3-4-9(20)16-5-7;/h7-8,19H,2-6H2,1H3,(H,16,20)(H2,15,17,18);1H. The number of rotatable bonds is 4. The summed E-state index contributed by atoms with van der Waals surface area (Å²) in [4.78, 5) is 14.7. The second-order valence-corrected chi connectivity index (χ2v) is 4.46. The molecule has 1 aliphatic rings. The lowest BCUT2D eigenvalue weighted by molar-refractivity contribution is -0.199. The number of alkyl halides is 3. The van der Waals surface area contributed by atoms with Crippen molar-refractivity contribution in [1.29, 1.82) is 0 Å². The molecule has 0 aliphatic carbocycles. The number of carbonyl (C=O) groups excluding carboxylic acids is 1. The molecule has 2 atom stereocenters. The van der Waals surface area contributed by atoms with Crippen LogP contribution >= 0.6 is 24.0 Å². The van der Waals surface area contributed by atoms with Gasteiger partial charge in [-0.3, -0.25) is 9.79 Å². The van der Waals surface area contributed by atoms with Crippen LogP contribution in [0.1, 0.15) is 19.8 Å². The number of piperidine rings is 1. The molecule has 1 fully saturated rings. The highest BCUT2D eigenvalue weighted by molar-refractivity contribution is 14.0. The van der Waals surface area contributed by atoms with Crippen molar-refractivity contribution >= 4 is 35.8 Å². The first-order valence-corrected chi connectivity index (χ1v) is 6.39. The van der Waals surface area contributed by atoms with E-state index in [-0.39, 0.29) is 41.9 Å². The van der Waals surface area contributed by atoms with Gasteiger partial charge in [-0.05, 0) is 13.3 Å². The zero-order valence-electron chi connectivity index (χ0n) is 11.5. The Balaban J connectivity index is 0.00000400. The van der Waals surface area contributed by atoms with E-state index >= 15 is 0 Å². The SMILES string of the molecule is CCNC(=NCC(O)C(F)(F)F)NC1CCC(=O)NC1.I. The highest BCUT2D eigenvalue weighted by atomic mass is 127. The Morgan fingerprint density at radius 3 is 2.71 bits per heavy atom. The van der Waals surface area contributed by atoms with Gasteiger partial charge in [0.05, 0.1) is 6.54 Å². The number of hydrogen-bond donors (Lipinski definition) is 4. The second kappa shape index (κ2) is 9.28. The van der Waals surface area contributed by atoms with Crippen molar-refractivity contribution < 1.29 is 23.1 Å². The summed E-state index contributed by atoms with van der Waals surface area (Å²) in [5, 5.41) is 17.3. The highest BCUT2D eigenvalue weighted by Gasteiger charge is 2.38. The molecule has 0 saturated carbocycles. The molecule has 10 heteroatoms. The van der Waals surface area contributed by atoms with E-state index < -0.39 is 18.8 Å². The van der Waals surface area contributed by atoms with Crippen molar-refractivity contribution in [1.82, 2.24) is 16.0 Å². The van der Waals surface area contributed by atoms with Crippen LogP contribution in [-0.4, -0.2) is 54.9 Å². The first-order valence-electron chi connectivity index (χ1n) is 6.39. The molecule has 1 aliphatic heterocycles. The van der Waals surface area contributed by atoms with E-state index in [0.29, 0.717) is 25.9 Å². The molecule has 0 spiro atoms. The van der Waals surface area contributed by atoms with Crippen LogP contribution in [0.3, 0.4) is 0 Å². The number of amides is 1. The van der Waals surface area contributed by atoms with Gasteiger partial charge in [0.1, 0.15) is 0 Å². The fourth-order valence-electron chi connectivity index (χ4n) is 1.65. The number of nitrogens with zero attached hydrogens (tertiary/aromatic N) is 1. The van der Waals surface area contributed by atoms with Crippen molar-refractivity contribution in [2.75, 3.05) is 19.6 Å². The molecule has 6 nitrogen and oxygen atoms in total. The van der Waals surface area contributed by atoms with E-state index in [1.807, 2.05) is 0 Å². The summed E-state index contributed by atoms with van der Waals surface area (Å²) >= 11 is 0. The Labute approximate surface area is 138 Å². The first-order chi connectivity index (χ1) is 9.32. The second-order valence-electron chi connectivity index (χ2n) is 4.46. The van der Waals surface area contributed by atoms with Gasteiger partial charge in [-0.2, -0.15) is 13.2 Å². The van der Waals surface area contributed by atoms with Crippen LogP contribution in [-0.2, 0) is 4.79 Å². The maximum atomic E-state index is 12.2. The number of carbonyl (C=O) groups is 1. The average Bonchev–Trinajstić information content (AvgIpc) is 2.37. The number of hydrogen-bond acceptors (Lipinski definition) is 3. The molecule has 1 amide bonds. The Kier molecular flexibility index (Phi) is 8.94. The van der Waals surface area contributed by atoms with Crippen molar-refractivity contribution in [3.8, 4) is 0 Å². The van der Waals surface area contributed by atoms with Gasteiger partial charge >= 0.3 is 6.18 Å². The monoisotopic (exact) mass is 424 g/mol. The first kappa shape index (κ1) is 20.2. The van der Waals surface area contributed by atoms with Gasteiger partial charge in [-0.1, -0.05) is 0 Å². The quantitative estimate of drug-likeness (QED) is 0.299. The van der Waals surface area contributed by atoms with Crippen molar-refractivity contribution in [3.63, 3.8) is 0 Å². The predicted octanol–water partition coefficient (Wildman–Crippen LogP) is 0.361. The highest BCUT2D eigenvalue weighted by Crippen LogP contribution is 2.19. The largest absolute Gasteiger partial charge is 0.416 e. The minimum Gasteiger partial charge on any atom is -0.382 e. The molecule has 1 saturated heterocycles. The summed E-state index contributed by atoms with van der Waals surface area (Å²) in [5.41, 5.74) is 0. The van der Waals surface area contributed by atoms with Crippen LogP contribution in [0.15, 0.2) is 4.99 Å². The topological polar surface area (TPSA) is 85.8 Å². The number of aliphatic imine (C=N–C) groups is 1. The molecule has 1 rings (SSSR count). The summed E-state index contributed by atoms with van der Waals surface area (Å²) in [6, 6.07) is -0.0893. The lowest BCUT2D eigenvalue weighted by Gasteiger charge is -2.25. The zero-order chi connectivity index (χ0) is 15.2. The van der Waals surface area contributed by atoms with Gasteiger partial charge in [0.15, 0.2) is 12.1 Å². The number of halogens is 4. The third-order valence-electron chi connectivity index (χ3n) is 2.75. The normalized spacial score (nSPS) is 21.1. The molecule has 21 heavy (non-hydrogen) atoms. The van der Waals surface area contributed by atoms with Crippen LogP contribution in [0.5, 0.6) is 0 Å². The third kappa shape index (κ3) is 7.69.